The second-order valence-corrected chi connectivity index (χ2v) is 6.84. The fourth-order valence-electron chi connectivity index (χ4n) is 2.11. The number of esters is 1. The predicted molar refractivity (Wildman–Crippen MR) is 100 cm³/mol. The summed E-state index contributed by atoms with van der Waals surface area (Å²) in [7, 11) is 1.23. The quantitative estimate of drug-likeness (QED) is 0.162. The molecule has 28 heavy (non-hydrogen) atoms. The van der Waals surface area contributed by atoms with Crippen LogP contribution in [-0.4, -0.2) is 65.0 Å². The standard InChI is InChI=1S/C14H15Cl2N5O6S/c1-5(22)27-11(16)9-10(13(25)19-9)20-12(24)8(21-26-2)6-4-28-14(17-6)18-7(23)3-15/h4,9-11H,3H2,1-2H3,(H,19,25)(H,20,24)(H,17,18,23)/t9-,10-,11?/m1/s1. The zero-order chi connectivity index (χ0) is 20.8. The van der Waals surface area contributed by atoms with Gasteiger partial charge in [-0.15, -0.1) is 22.9 Å². The van der Waals surface area contributed by atoms with Gasteiger partial charge in [0.2, 0.25) is 11.8 Å². The molecule has 1 unspecified atom stereocenters. The highest BCUT2D eigenvalue weighted by atomic mass is 35.5. The van der Waals surface area contributed by atoms with E-state index in [-0.39, 0.29) is 22.4 Å². The molecule has 1 aromatic rings. The Morgan fingerprint density at radius 1 is 1.46 bits per heavy atom. The fraction of sp³-hybridized carbons (Fsp3) is 0.429. The van der Waals surface area contributed by atoms with Crippen molar-refractivity contribution in [1.82, 2.24) is 15.6 Å². The lowest BCUT2D eigenvalue weighted by Gasteiger charge is -2.38. The number of nitrogens with zero attached hydrogens (tertiary/aromatic N) is 2. The van der Waals surface area contributed by atoms with Crippen molar-refractivity contribution in [3.05, 3.63) is 11.1 Å². The van der Waals surface area contributed by atoms with Gasteiger partial charge < -0.3 is 25.5 Å². The van der Waals surface area contributed by atoms with Crippen LogP contribution in [0.2, 0.25) is 0 Å². The van der Waals surface area contributed by atoms with Crippen molar-refractivity contribution in [2.75, 3.05) is 18.3 Å². The molecular weight excluding hydrogens is 437 g/mol. The Morgan fingerprint density at radius 2 is 2.18 bits per heavy atom. The minimum Gasteiger partial charge on any atom is -0.444 e. The van der Waals surface area contributed by atoms with E-state index in [1.807, 2.05) is 0 Å². The van der Waals surface area contributed by atoms with Crippen LogP contribution in [0.5, 0.6) is 0 Å². The van der Waals surface area contributed by atoms with Crippen LogP contribution in [0.1, 0.15) is 12.6 Å². The number of rotatable bonds is 8. The monoisotopic (exact) mass is 451 g/mol. The average Bonchev–Trinajstić information content (AvgIpc) is 3.08. The lowest BCUT2D eigenvalue weighted by Crippen LogP contribution is -2.72. The first-order valence-electron chi connectivity index (χ1n) is 7.62. The summed E-state index contributed by atoms with van der Waals surface area (Å²) in [6.07, 6.45) is 0. The molecule has 0 saturated carbocycles. The summed E-state index contributed by atoms with van der Waals surface area (Å²) in [4.78, 5) is 55.4. The number of oxime groups is 1. The van der Waals surface area contributed by atoms with Gasteiger partial charge in [-0.3, -0.25) is 19.2 Å². The molecule has 1 fully saturated rings. The number of carbonyl (C=O) groups excluding carboxylic acids is 4. The van der Waals surface area contributed by atoms with Crippen LogP contribution in [0.15, 0.2) is 10.5 Å². The fourth-order valence-corrected chi connectivity index (χ4v) is 3.22. The number of ether oxygens (including phenoxy) is 1. The zero-order valence-corrected chi connectivity index (χ0v) is 16.9. The molecule has 1 aromatic heterocycles. The van der Waals surface area contributed by atoms with E-state index in [2.05, 4.69) is 30.9 Å². The van der Waals surface area contributed by atoms with Crippen molar-refractivity contribution in [2.24, 2.45) is 5.16 Å². The van der Waals surface area contributed by atoms with E-state index in [0.717, 1.165) is 18.3 Å². The summed E-state index contributed by atoms with van der Waals surface area (Å²) in [5.41, 5.74) is -1.30. The highest BCUT2D eigenvalue weighted by molar-refractivity contribution is 7.14. The first-order valence-corrected chi connectivity index (χ1v) is 9.47. The molecule has 1 aliphatic heterocycles. The number of amides is 3. The third kappa shape index (κ3) is 5.30. The maximum Gasteiger partial charge on any atom is 0.304 e. The summed E-state index contributed by atoms with van der Waals surface area (Å²) >= 11 is 12.4. The number of hydrogen-bond donors (Lipinski definition) is 3. The largest absolute Gasteiger partial charge is 0.444 e. The van der Waals surface area contributed by atoms with Crippen LogP contribution in [0.3, 0.4) is 0 Å². The number of β-lactam (4-membered cyclic amide) rings is 1. The summed E-state index contributed by atoms with van der Waals surface area (Å²) in [6.45, 7) is 1.16. The number of alkyl halides is 2. The summed E-state index contributed by atoms with van der Waals surface area (Å²) in [5, 5.41) is 12.6. The molecule has 0 spiro atoms. The molecule has 3 atom stereocenters. The molecule has 3 N–H and O–H groups in total. The van der Waals surface area contributed by atoms with E-state index >= 15 is 0 Å². The van der Waals surface area contributed by atoms with Crippen LogP contribution in [0.4, 0.5) is 5.13 Å². The van der Waals surface area contributed by atoms with Gasteiger partial charge in [0.1, 0.15) is 30.8 Å². The number of nitrogens with one attached hydrogen (secondary N) is 3. The summed E-state index contributed by atoms with van der Waals surface area (Å²) in [5.74, 6) is -2.65. The lowest BCUT2D eigenvalue weighted by molar-refractivity contribution is -0.149. The Balaban J connectivity index is 2.11. The normalized spacial score (nSPS) is 19.7. The number of aromatic nitrogens is 1. The zero-order valence-electron chi connectivity index (χ0n) is 14.5. The van der Waals surface area contributed by atoms with Crippen molar-refractivity contribution in [3.8, 4) is 0 Å². The van der Waals surface area contributed by atoms with Crippen molar-refractivity contribution in [2.45, 2.75) is 24.6 Å². The molecule has 1 saturated heterocycles. The molecule has 2 heterocycles. The van der Waals surface area contributed by atoms with Gasteiger partial charge in [0, 0.05) is 12.3 Å². The van der Waals surface area contributed by atoms with Crippen LogP contribution in [-0.2, 0) is 28.8 Å². The second-order valence-electron chi connectivity index (χ2n) is 5.29. The van der Waals surface area contributed by atoms with Gasteiger partial charge in [-0.1, -0.05) is 16.8 Å². The Kier molecular flexibility index (Phi) is 7.54. The number of carbonyl (C=O) groups is 4. The SMILES string of the molecule is CON=C(C(=O)N[C@H]1C(=O)N[C@H]1C(Cl)OC(C)=O)c1csc(NC(=O)CCl)n1. The molecule has 14 heteroatoms. The van der Waals surface area contributed by atoms with E-state index in [9.17, 15) is 19.2 Å². The first kappa shape index (κ1) is 21.9. The summed E-state index contributed by atoms with van der Waals surface area (Å²) < 4.78 is 4.80. The average molecular weight is 452 g/mol. The van der Waals surface area contributed by atoms with Crippen molar-refractivity contribution < 1.29 is 28.8 Å². The molecule has 152 valence electrons. The molecule has 2 rings (SSSR count). The van der Waals surface area contributed by atoms with Crippen molar-refractivity contribution in [1.29, 1.82) is 0 Å². The lowest BCUT2D eigenvalue weighted by atomic mass is 9.99. The van der Waals surface area contributed by atoms with E-state index in [1.54, 1.807) is 0 Å². The van der Waals surface area contributed by atoms with Crippen LogP contribution < -0.4 is 16.0 Å². The van der Waals surface area contributed by atoms with E-state index in [1.165, 1.54) is 12.5 Å². The van der Waals surface area contributed by atoms with Gasteiger partial charge in [0.05, 0.1) is 0 Å². The smallest absolute Gasteiger partial charge is 0.304 e. The van der Waals surface area contributed by atoms with Crippen molar-refractivity contribution in [3.63, 3.8) is 0 Å². The maximum absolute atomic E-state index is 12.6. The molecule has 0 bridgehead atoms. The van der Waals surface area contributed by atoms with E-state index < -0.39 is 41.3 Å². The number of anilines is 1. The molecule has 3 amide bonds. The van der Waals surface area contributed by atoms with Gasteiger partial charge in [0.15, 0.2) is 16.4 Å². The van der Waals surface area contributed by atoms with Gasteiger partial charge in [0.25, 0.3) is 5.91 Å². The van der Waals surface area contributed by atoms with Gasteiger partial charge >= 0.3 is 5.97 Å². The second kappa shape index (κ2) is 9.66. The molecule has 0 aromatic carbocycles. The molecule has 0 radical (unpaired) electrons. The van der Waals surface area contributed by atoms with Crippen LogP contribution in [0, 0.1) is 0 Å². The number of hydrogen-bond acceptors (Lipinski definition) is 9. The highest BCUT2D eigenvalue weighted by Gasteiger charge is 2.46. The van der Waals surface area contributed by atoms with Gasteiger partial charge in [-0.2, -0.15) is 0 Å². The topological polar surface area (TPSA) is 148 Å². The third-order valence-electron chi connectivity index (χ3n) is 3.31. The van der Waals surface area contributed by atoms with Crippen molar-refractivity contribution >= 4 is 69.1 Å². The number of halogens is 2. The minimum atomic E-state index is -1.17. The molecule has 11 nitrogen and oxygen atoms in total. The molecule has 1 aliphatic rings. The van der Waals surface area contributed by atoms with Gasteiger partial charge in [-0.05, 0) is 0 Å². The Morgan fingerprint density at radius 3 is 2.75 bits per heavy atom. The van der Waals surface area contributed by atoms with Crippen LogP contribution >= 0.6 is 34.5 Å². The number of thiazole rings is 1. The highest BCUT2D eigenvalue weighted by Crippen LogP contribution is 2.19. The summed E-state index contributed by atoms with van der Waals surface area (Å²) in [6, 6.07) is -1.87. The maximum atomic E-state index is 12.6. The minimum absolute atomic E-state index is 0.105. The Bertz CT molecular complexity index is 816. The van der Waals surface area contributed by atoms with Gasteiger partial charge in [-0.25, -0.2) is 4.98 Å². The Labute approximate surface area is 172 Å². The predicted octanol–water partition coefficient (Wildman–Crippen LogP) is -0.218. The van der Waals surface area contributed by atoms with Crippen LogP contribution in [0.25, 0.3) is 0 Å². The molecule has 0 aliphatic carbocycles. The third-order valence-corrected chi connectivity index (χ3v) is 4.67. The Hall–Kier alpha value is -2.44. The molecular formula is C14H15Cl2N5O6S. The first-order chi connectivity index (χ1) is 13.3. The van der Waals surface area contributed by atoms with E-state index in [4.69, 9.17) is 27.9 Å². The van der Waals surface area contributed by atoms with E-state index in [0.29, 0.717) is 0 Å².